The third kappa shape index (κ3) is 3.49. The van der Waals surface area contributed by atoms with Gasteiger partial charge < -0.3 is 9.84 Å². The van der Waals surface area contributed by atoms with Crippen molar-refractivity contribution < 1.29 is 14.6 Å². The summed E-state index contributed by atoms with van der Waals surface area (Å²) in [6.45, 7) is 0. The van der Waals surface area contributed by atoms with E-state index in [9.17, 15) is 9.90 Å². The lowest BCUT2D eigenvalue weighted by Gasteiger charge is -2.16. The third-order valence-corrected chi connectivity index (χ3v) is 3.27. The van der Waals surface area contributed by atoms with E-state index in [1.807, 2.05) is 6.07 Å². The first-order chi connectivity index (χ1) is 9.08. The number of ether oxygens (including phenoxy) is 1. The average molecular weight is 342 g/mol. The number of hydrogen-bond acceptors (Lipinski definition) is 2. The second kappa shape index (κ2) is 6.08. The smallest absolute Gasteiger partial charge is 0.349 e. The molecule has 2 rings (SSSR count). The van der Waals surface area contributed by atoms with Crippen molar-refractivity contribution in [3.63, 3.8) is 0 Å². The van der Waals surface area contributed by atoms with E-state index in [1.165, 1.54) is 0 Å². The lowest BCUT2D eigenvalue weighted by Crippen LogP contribution is -2.18. The van der Waals surface area contributed by atoms with Crippen LogP contribution in [0.15, 0.2) is 53.0 Å². The molecule has 0 radical (unpaired) electrons. The van der Waals surface area contributed by atoms with E-state index in [0.717, 1.165) is 4.47 Å². The SMILES string of the molecule is O=C(O)C(Oc1cc(Br)ccc1Cl)c1ccccc1. The zero-order valence-corrected chi connectivity index (χ0v) is 12.1. The molecule has 19 heavy (non-hydrogen) atoms. The van der Waals surface area contributed by atoms with Crippen LogP contribution >= 0.6 is 27.5 Å². The van der Waals surface area contributed by atoms with Gasteiger partial charge in [-0.25, -0.2) is 4.79 Å². The lowest BCUT2D eigenvalue weighted by atomic mass is 10.1. The van der Waals surface area contributed by atoms with Gasteiger partial charge >= 0.3 is 5.97 Å². The minimum absolute atomic E-state index is 0.326. The standard InChI is InChI=1S/C14H10BrClO3/c15-10-6-7-11(16)12(8-10)19-13(14(17)18)9-4-2-1-3-5-9/h1-8,13H,(H,17,18). The fourth-order valence-corrected chi connectivity index (χ4v) is 2.09. The molecule has 0 fully saturated rings. The fraction of sp³-hybridized carbons (Fsp3) is 0.0714. The monoisotopic (exact) mass is 340 g/mol. The molecular weight excluding hydrogens is 332 g/mol. The van der Waals surface area contributed by atoms with E-state index in [-0.39, 0.29) is 0 Å². The zero-order chi connectivity index (χ0) is 13.8. The van der Waals surface area contributed by atoms with Crippen LogP contribution in [0.4, 0.5) is 0 Å². The van der Waals surface area contributed by atoms with Crippen molar-refractivity contribution in [1.82, 2.24) is 0 Å². The largest absolute Gasteiger partial charge is 0.478 e. The highest BCUT2D eigenvalue weighted by molar-refractivity contribution is 9.10. The predicted molar refractivity (Wildman–Crippen MR) is 76.6 cm³/mol. The maximum absolute atomic E-state index is 11.3. The van der Waals surface area contributed by atoms with Crippen LogP contribution in [0.5, 0.6) is 5.75 Å². The summed E-state index contributed by atoms with van der Waals surface area (Å²) in [4.78, 5) is 11.3. The van der Waals surface area contributed by atoms with E-state index in [2.05, 4.69) is 15.9 Å². The Morgan fingerprint density at radius 1 is 1.21 bits per heavy atom. The first-order valence-corrected chi connectivity index (χ1v) is 6.64. The lowest BCUT2D eigenvalue weighted by molar-refractivity contribution is -0.145. The summed E-state index contributed by atoms with van der Waals surface area (Å²) in [5.41, 5.74) is 0.561. The summed E-state index contributed by atoms with van der Waals surface area (Å²) in [5, 5.41) is 9.63. The van der Waals surface area contributed by atoms with Crippen LogP contribution in [0.1, 0.15) is 11.7 Å². The molecule has 98 valence electrons. The molecule has 0 spiro atoms. The highest BCUT2D eigenvalue weighted by atomic mass is 79.9. The van der Waals surface area contributed by atoms with Crippen LogP contribution in [0, 0.1) is 0 Å². The van der Waals surface area contributed by atoms with Crippen LogP contribution in [-0.2, 0) is 4.79 Å². The van der Waals surface area contributed by atoms with Gasteiger partial charge in [-0.1, -0.05) is 57.9 Å². The zero-order valence-electron chi connectivity index (χ0n) is 9.72. The molecule has 1 N–H and O–H groups in total. The van der Waals surface area contributed by atoms with Crippen LogP contribution in [0.2, 0.25) is 5.02 Å². The second-order valence-corrected chi connectivity index (χ2v) is 5.14. The maximum atomic E-state index is 11.3. The van der Waals surface area contributed by atoms with Gasteiger partial charge in [-0.15, -0.1) is 0 Å². The van der Waals surface area contributed by atoms with E-state index < -0.39 is 12.1 Å². The Morgan fingerprint density at radius 2 is 1.89 bits per heavy atom. The first kappa shape index (κ1) is 13.9. The summed E-state index contributed by atoms with van der Waals surface area (Å²) < 4.78 is 6.28. The Kier molecular flexibility index (Phi) is 4.45. The Labute approximate surface area is 123 Å². The molecule has 0 saturated heterocycles. The summed E-state index contributed by atoms with van der Waals surface area (Å²) in [5.74, 6) is -0.741. The predicted octanol–water partition coefficient (Wildman–Crippen LogP) is 4.31. The van der Waals surface area contributed by atoms with Gasteiger partial charge in [0.1, 0.15) is 5.75 Å². The van der Waals surface area contributed by atoms with Gasteiger partial charge in [-0.05, 0) is 18.2 Å². The molecule has 0 aromatic heterocycles. The molecule has 0 heterocycles. The van der Waals surface area contributed by atoms with Gasteiger partial charge in [0, 0.05) is 10.0 Å². The molecule has 2 aromatic carbocycles. The molecule has 0 amide bonds. The topological polar surface area (TPSA) is 46.5 Å². The van der Waals surface area contributed by atoms with Gasteiger partial charge in [0.2, 0.25) is 6.10 Å². The van der Waals surface area contributed by atoms with Gasteiger partial charge in [-0.3, -0.25) is 0 Å². The Morgan fingerprint density at radius 3 is 2.53 bits per heavy atom. The number of carboxylic acid groups (broad SMARTS) is 1. The number of benzene rings is 2. The molecule has 2 aromatic rings. The molecule has 0 aliphatic heterocycles. The molecule has 0 aliphatic rings. The van der Waals surface area contributed by atoms with Crippen molar-refractivity contribution in [2.75, 3.05) is 0 Å². The molecule has 0 aliphatic carbocycles. The third-order valence-electron chi connectivity index (χ3n) is 2.46. The highest BCUT2D eigenvalue weighted by Crippen LogP contribution is 2.31. The summed E-state index contributed by atoms with van der Waals surface area (Å²) in [7, 11) is 0. The van der Waals surface area contributed by atoms with Crippen molar-refractivity contribution >= 4 is 33.5 Å². The molecule has 3 nitrogen and oxygen atoms in total. The van der Waals surface area contributed by atoms with E-state index >= 15 is 0 Å². The van der Waals surface area contributed by atoms with Crippen LogP contribution in [0.25, 0.3) is 0 Å². The van der Waals surface area contributed by atoms with Gasteiger partial charge in [0.25, 0.3) is 0 Å². The number of rotatable bonds is 4. The molecule has 1 atom stereocenters. The molecule has 0 bridgehead atoms. The molecular formula is C14H10BrClO3. The Hall–Kier alpha value is -1.52. The van der Waals surface area contributed by atoms with Crippen LogP contribution in [0.3, 0.4) is 0 Å². The van der Waals surface area contributed by atoms with Crippen LogP contribution in [-0.4, -0.2) is 11.1 Å². The minimum atomic E-state index is -1.09. The van der Waals surface area contributed by atoms with Crippen molar-refractivity contribution in [3.05, 3.63) is 63.6 Å². The highest BCUT2D eigenvalue weighted by Gasteiger charge is 2.22. The average Bonchev–Trinajstić information content (AvgIpc) is 2.40. The fourth-order valence-electron chi connectivity index (χ4n) is 1.58. The van der Waals surface area contributed by atoms with E-state index in [0.29, 0.717) is 16.3 Å². The van der Waals surface area contributed by atoms with Crippen LogP contribution < -0.4 is 4.74 Å². The first-order valence-electron chi connectivity index (χ1n) is 5.47. The van der Waals surface area contributed by atoms with Gasteiger partial charge in [-0.2, -0.15) is 0 Å². The van der Waals surface area contributed by atoms with Crippen molar-refractivity contribution in [3.8, 4) is 5.75 Å². The minimum Gasteiger partial charge on any atom is -0.478 e. The van der Waals surface area contributed by atoms with Crippen molar-refractivity contribution in [2.45, 2.75) is 6.10 Å². The summed E-state index contributed by atoms with van der Waals surface area (Å²) in [6, 6.07) is 13.8. The number of carboxylic acids is 1. The van der Waals surface area contributed by atoms with E-state index in [4.69, 9.17) is 16.3 Å². The van der Waals surface area contributed by atoms with Crippen molar-refractivity contribution in [2.24, 2.45) is 0 Å². The van der Waals surface area contributed by atoms with E-state index in [1.54, 1.807) is 42.5 Å². The van der Waals surface area contributed by atoms with Gasteiger partial charge in [0.15, 0.2) is 0 Å². The Bertz CT molecular complexity index is 586. The summed E-state index contributed by atoms with van der Waals surface area (Å²) >= 11 is 9.29. The number of aliphatic carboxylic acids is 1. The summed E-state index contributed by atoms with van der Waals surface area (Å²) in [6.07, 6.45) is -1.09. The number of carbonyl (C=O) groups is 1. The molecule has 0 saturated carbocycles. The molecule has 5 heteroatoms. The van der Waals surface area contributed by atoms with Crippen molar-refractivity contribution in [1.29, 1.82) is 0 Å². The van der Waals surface area contributed by atoms with Gasteiger partial charge in [0.05, 0.1) is 5.02 Å². The molecule has 1 unspecified atom stereocenters. The quantitative estimate of drug-likeness (QED) is 0.901. The normalized spacial score (nSPS) is 11.9. The Balaban J connectivity index is 2.32. The second-order valence-electron chi connectivity index (χ2n) is 3.82. The number of halogens is 2. The maximum Gasteiger partial charge on any atom is 0.349 e. The number of hydrogen-bond donors (Lipinski definition) is 1.